The van der Waals surface area contributed by atoms with E-state index in [0.29, 0.717) is 31.1 Å². The van der Waals surface area contributed by atoms with Gasteiger partial charge in [0.2, 0.25) is 0 Å². The number of aryl methyl sites for hydroxylation is 2. The Balaban J connectivity index is 1.36. The van der Waals surface area contributed by atoms with Crippen LogP contribution in [0.4, 0.5) is 4.79 Å². The number of carbonyl (C=O) groups excluding carboxylic acids is 1. The van der Waals surface area contributed by atoms with E-state index < -0.39 is 0 Å². The zero-order chi connectivity index (χ0) is 19.4. The normalized spacial score (nSPS) is 14.0. The second kappa shape index (κ2) is 8.33. The molecule has 1 N–H and O–H groups in total. The first-order valence-electron chi connectivity index (χ1n) is 9.32. The lowest BCUT2D eigenvalue weighted by atomic mass is 10.2. The summed E-state index contributed by atoms with van der Waals surface area (Å²) in [5.41, 5.74) is 3.50. The Labute approximate surface area is 160 Å². The Morgan fingerprint density at radius 2 is 1.93 bits per heavy atom. The van der Waals surface area contributed by atoms with E-state index in [2.05, 4.69) is 24.3 Å². The topological polar surface area (TPSA) is 68.6 Å². The van der Waals surface area contributed by atoms with E-state index in [1.54, 1.807) is 12.0 Å². The maximum Gasteiger partial charge on any atom is 0.317 e. The van der Waals surface area contributed by atoms with Gasteiger partial charge in [0.25, 0.3) is 0 Å². The summed E-state index contributed by atoms with van der Waals surface area (Å²) < 4.78 is 13.2. The van der Waals surface area contributed by atoms with Gasteiger partial charge in [-0.1, -0.05) is 12.1 Å². The number of urea groups is 1. The van der Waals surface area contributed by atoms with Crippen LogP contribution in [0.3, 0.4) is 0 Å². The molecule has 1 aliphatic rings. The minimum Gasteiger partial charge on any atom is -0.493 e. The average molecular weight is 372 g/mol. The SMILES string of the molecule is COc1ccccc1OC1CN(C(=O)NCCCn2nc(C)c(C)c2C)C1. The zero-order valence-electron chi connectivity index (χ0n) is 16.5. The summed E-state index contributed by atoms with van der Waals surface area (Å²) in [6, 6.07) is 7.51. The molecule has 27 heavy (non-hydrogen) atoms. The molecule has 0 saturated carbocycles. The lowest BCUT2D eigenvalue weighted by Gasteiger charge is -2.38. The third kappa shape index (κ3) is 4.35. The number of benzene rings is 1. The maximum atomic E-state index is 12.2. The number of carbonyl (C=O) groups is 1. The summed E-state index contributed by atoms with van der Waals surface area (Å²) in [6.07, 6.45) is 0.854. The van der Waals surface area contributed by atoms with Crippen molar-refractivity contribution in [1.29, 1.82) is 0 Å². The van der Waals surface area contributed by atoms with E-state index in [4.69, 9.17) is 9.47 Å². The number of hydrogen-bond acceptors (Lipinski definition) is 4. The number of likely N-dealkylation sites (tertiary alicyclic amines) is 1. The summed E-state index contributed by atoms with van der Waals surface area (Å²) in [6.45, 7) is 8.79. The molecule has 1 saturated heterocycles. The van der Waals surface area contributed by atoms with Gasteiger partial charge in [0, 0.05) is 18.8 Å². The number of ether oxygens (including phenoxy) is 2. The van der Waals surface area contributed by atoms with Crippen molar-refractivity contribution < 1.29 is 14.3 Å². The standard InChI is InChI=1S/C20H28N4O3/c1-14-15(2)22-24(16(14)3)11-7-10-21-20(25)23-12-17(13-23)27-19-9-6-5-8-18(19)26-4/h5-6,8-9,17H,7,10-13H2,1-4H3,(H,21,25). The van der Waals surface area contributed by atoms with Gasteiger partial charge in [-0.2, -0.15) is 5.10 Å². The Morgan fingerprint density at radius 3 is 2.56 bits per heavy atom. The minimum atomic E-state index is -0.0422. The van der Waals surface area contributed by atoms with E-state index in [1.165, 1.54) is 11.3 Å². The highest BCUT2D eigenvalue weighted by atomic mass is 16.5. The Morgan fingerprint density at radius 1 is 1.22 bits per heavy atom. The summed E-state index contributed by atoms with van der Waals surface area (Å²) in [5, 5.41) is 7.49. The molecule has 0 unspecified atom stereocenters. The fraction of sp³-hybridized carbons (Fsp3) is 0.500. The second-order valence-electron chi connectivity index (χ2n) is 6.90. The summed E-state index contributed by atoms with van der Waals surface area (Å²) in [5.74, 6) is 1.42. The number of rotatable bonds is 7. The van der Waals surface area contributed by atoms with Gasteiger partial charge in [-0.15, -0.1) is 0 Å². The molecular formula is C20H28N4O3. The Bertz CT molecular complexity index is 797. The zero-order valence-corrected chi connectivity index (χ0v) is 16.5. The second-order valence-corrected chi connectivity index (χ2v) is 6.90. The van der Waals surface area contributed by atoms with Crippen molar-refractivity contribution in [1.82, 2.24) is 20.0 Å². The monoisotopic (exact) mass is 372 g/mol. The van der Waals surface area contributed by atoms with Crippen LogP contribution in [0, 0.1) is 20.8 Å². The predicted octanol–water partition coefficient (Wildman–Crippen LogP) is 2.68. The third-order valence-corrected chi connectivity index (χ3v) is 5.06. The highest BCUT2D eigenvalue weighted by Gasteiger charge is 2.32. The molecule has 7 heteroatoms. The molecule has 146 valence electrons. The summed E-state index contributed by atoms with van der Waals surface area (Å²) in [7, 11) is 1.62. The first kappa shape index (κ1) is 19.1. The van der Waals surface area contributed by atoms with Crippen LogP contribution in [0.2, 0.25) is 0 Å². The summed E-state index contributed by atoms with van der Waals surface area (Å²) in [4.78, 5) is 14.0. The van der Waals surface area contributed by atoms with Gasteiger partial charge in [0.1, 0.15) is 6.10 Å². The lowest BCUT2D eigenvalue weighted by molar-refractivity contribution is 0.0427. The first-order valence-corrected chi connectivity index (χ1v) is 9.32. The van der Waals surface area contributed by atoms with Crippen molar-refractivity contribution >= 4 is 6.03 Å². The van der Waals surface area contributed by atoms with Crippen molar-refractivity contribution in [3.8, 4) is 11.5 Å². The van der Waals surface area contributed by atoms with Crippen LogP contribution in [0.15, 0.2) is 24.3 Å². The van der Waals surface area contributed by atoms with E-state index in [0.717, 1.165) is 18.7 Å². The van der Waals surface area contributed by atoms with E-state index >= 15 is 0 Å². The van der Waals surface area contributed by atoms with Crippen molar-refractivity contribution in [3.05, 3.63) is 41.2 Å². The van der Waals surface area contributed by atoms with Gasteiger partial charge in [-0.25, -0.2) is 4.79 Å². The third-order valence-electron chi connectivity index (χ3n) is 5.06. The molecule has 2 heterocycles. The molecule has 7 nitrogen and oxygen atoms in total. The number of para-hydroxylation sites is 2. The minimum absolute atomic E-state index is 0.00437. The van der Waals surface area contributed by atoms with Crippen LogP contribution in [0.25, 0.3) is 0 Å². The molecule has 1 aromatic heterocycles. The largest absolute Gasteiger partial charge is 0.493 e. The van der Waals surface area contributed by atoms with Gasteiger partial charge in [-0.3, -0.25) is 4.68 Å². The van der Waals surface area contributed by atoms with Crippen molar-refractivity contribution in [2.45, 2.75) is 39.8 Å². The molecule has 1 aromatic carbocycles. The Hall–Kier alpha value is -2.70. The highest BCUT2D eigenvalue weighted by molar-refractivity contribution is 5.75. The molecule has 1 fully saturated rings. The molecular weight excluding hydrogens is 344 g/mol. The van der Waals surface area contributed by atoms with Crippen LogP contribution < -0.4 is 14.8 Å². The molecule has 1 aliphatic heterocycles. The number of nitrogens with one attached hydrogen (secondary N) is 1. The molecule has 0 radical (unpaired) electrons. The molecule has 0 spiro atoms. The smallest absolute Gasteiger partial charge is 0.317 e. The summed E-state index contributed by atoms with van der Waals surface area (Å²) >= 11 is 0. The van der Waals surface area contributed by atoms with Crippen LogP contribution in [0.1, 0.15) is 23.4 Å². The first-order chi connectivity index (χ1) is 13.0. The number of methoxy groups -OCH3 is 1. The number of amides is 2. The van der Waals surface area contributed by atoms with Crippen molar-refractivity contribution in [2.24, 2.45) is 0 Å². The van der Waals surface area contributed by atoms with Crippen LogP contribution in [-0.4, -0.2) is 53.6 Å². The van der Waals surface area contributed by atoms with Crippen molar-refractivity contribution in [2.75, 3.05) is 26.7 Å². The quantitative estimate of drug-likeness (QED) is 0.759. The van der Waals surface area contributed by atoms with Gasteiger partial charge in [0.15, 0.2) is 11.5 Å². The fourth-order valence-corrected chi connectivity index (χ4v) is 3.11. The number of nitrogens with zero attached hydrogens (tertiary/aromatic N) is 3. The highest BCUT2D eigenvalue weighted by Crippen LogP contribution is 2.28. The van der Waals surface area contributed by atoms with Gasteiger partial charge < -0.3 is 19.7 Å². The average Bonchev–Trinajstić information content (AvgIpc) is 2.88. The van der Waals surface area contributed by atoms with Crippen LogP contribution in [-0.2, 0) is 6.54 Å². The lowest BCUT2D eigenvalue weighted by Crippen LogP contribution is -2.59. The molecule has 2 aromatic rings. The molecule has 0 aliphatic carbocycles. The number of hydrogen-bond donors (Lipinski definition) is 1. The van der Waals surface area contributed by atoms with Crippen molar-refractivity contribution in [3.63, 3.8) is 0 Å². The van der Waals surface area contributed by atoms with Crippen LogP contribution >= 0.6 is 0 Å². The molecule has 0 bridgehead atoms. The molecule has 2 amide bonds. The van der Waals surface area contributed by atoms with E-state index in [1.807, 2.05) is 35.9 Å². The van der Waals surface area contributed by atoms with Crippen LogP contribution in [0.5, 0.6) is 11.5 Å². The maximum absolute atomic E-state index is 12.2. The van der Waals surface area contributed by atoms with E-state index in [9.17, 15) is 4.79 Å². The van der Waals surface area contributed by atoms with Gasteiger partial charge in [0.05, 0.1) is 25.9 Å². The predicted molar refractivity (Wildman–Crippen MR) is 103 cm³/mol. The molecule has 0 atom stereocenters. The fourth-order valence-electron chi connectivity index (χ4n) is 3.11. The van der Waals surface area contributed by atoms with Gasteiger partial charge >= 0.3 is 6.03 Å². The molecule has 3 rings (SSSR count). The van der Waals surface area contributed by atoms with E-state index in [-0.39, 0.29) is 12.1 Å². The van der Waals surface area contributed by atoms with Gasteiger partial charge in [-0.05, 0) is 44.9 Å². The Kier molecular flexibility index (Phi) is 5.88. The number of aromatic nitrogens is 2.